The Labute approximate surface area is 527 Å². The maximum Gasteiger partial charge on any atom is 0.326 e. The van der Waals surface area contributed by atoms with Gasteiger partial charge in [-0.2, -0.15) is 5.10 Å². The number of hydrogen-bond acceptors (Lipinski definition) is 17. The Morgan fingerprint density at radius 2 is 1.31 bits per heavy atom. The molecule has 4 aromatic rings. The molecular weight excluding hydrogens is 1220 g/mol. The molecule has 1 aromatic carbocycles. The van der Waals surface area contributed by atoms with E-state index in [4.69, 9.17) is 24.1 Å². The zero-order valence-corrected chi connectivity index (χ0v) is 52.6. The normalized spacial score (nSPS) is 14.2. The third kappa shape index (κ3) is 28.6. The molecule has 4 amide bonds. The predicted octanol–water partition coefficient (Wildman–Crippen LogP) is 8.14. The van der Waals surface area contributed by atoms with Crippen molar-refractivity contribution in [3.8, 4) is 11.1 Å². The average molecular weight is 1310 g/mol. The molecule has 3 aromatic heterocycles. The number of rotatable bonds is 48. The molecule has 5 N–H and O–H groups in total. The largest absolute Gasteiger partial charge is 0.481 e. The van der Waals surface area contributed by atoms with Crippen LogP contribution in [0, 0.1) is 0 Å². The van der Waals surface area contributed by atoms with Crippen molar-refractivity contribution in [2.24, 2.45) is 0 Å². The quantitative estimate of drug-likeness (QED) is 0.0158. The van der Waals surface area contributed by atoms with Crippen molar-refractivity contribution in [3.63, 3.8) is 0 Å². The average Bonchev–Trinajstić information content (AvgIpc) is 3.35. The van der Waals surface area contributed by atoms with Crippen LogP contribution in [0.15, 0.2) is 53.4 Å². The fourth-order valence-corrected chi connectivity index (χ4v) is 10.4. The zero-order chi connectivity index (χ0) is 64.2. The van der Waals surface area contributed by atoms with Crippen LogP contribution in [0.3, 0.4) is 0 Å². The highest BCUT2D eigenvalue weighted by Crippen LogP contribution is 2.29. The number of likely N-dealkylation sites (tertiary alicyclic amines) is 1. The van der Waals surface area contributed by atoms with Crippen molar-refractivity contribution >= 4 is 85.6 Å². The van der Waals surface area contributed by atoms with Crippen molar-refractivity contribution < 1.29 is 76.7 Å². The van der Waals surface area contributed by atoms with Gasteiger partial charge >= 0.3 is 11.9 Å². The molecule has 0 aliphatic carbocycles. The summed E-state index contributed by atoms with van der Waals surface area (Å²) in [5.41, 5.74) is 1.91. The first kappa shape index (κ1) is 72.7. The molecule has 3 atom stereocenters. The first-order chi connectivity index (χ1) is 43.0. The highest BCUT2D eigenvalue weighted by molar-refractivity contribution is 9.10. The number of aliphatic carboxylic acids is 2. The predicted molar refractivity (Wildman–Crippen MR) is 331 cm³/mol. The molecule has 0 bridgehead atoms. The number of aromatic nitrogens is 5. The van der Waals surface area contributed by atoms with E-state index in [1.54, 1.807) is 48.8 Å². The third-order valence-electron chi connectivity index (χ3n) is 14.8. The van der Waals surface area contributed by atoms with Gasteiger partial charge in [0.15, 0.2) is 11.6 Å². The molecule has 5 rings (SSSR count). The second kappa shape index (κ2) is 41.3. The number of nitrogens with zero attached hydrogens (tertiary/aromatic N) is 6. The number of aryl methyl sites for hydroxylation is 1. The molecule has 0 saturated carbocycles. The van der Waals surface area contributed by atoms with Crippen LogP contribution in [0.25, 0.3) is 22.0 Å². The van der Waals surface area contributed by atoms with Gasteiger partial charge in [-0.05, 0) is 71.4 Å². The molecule has 1 aliphatic heterocycles. The van der Waals surface area contributed by atoms with Gasteiger partial charge in [-0.15, -0.1) is 0 Å². The van der Waals surface area contributed by atoms with Crippen molar-refractivity contribution in [2.45, 2.75) is 179 Å². The number of carbonyl (C=O) groups excluding carboxylic acids is 7. The molecule has 89 heavy (non-hydrogen) atoms. The summed E-state index contributed by atoms with van der Waals surface area (Å²) in [6, 6.07) is 7.98. The van der Waals surface area contributed by atoms with Crippen LogP contribution in [0.5, 0.6) is 0 Å². The number of anilines is 1. The lowest BCUT2D eigenvalue weighted by Crippen LogP contribution is -2.44. The molecular formula is C63H87BrFN9O15. The summed E-state index contributed by atoms with van der Waals surface area (Å²) in [4.78, 5) is 126. The second-order valence-corrected chi connectivity index (χ2v) is 22.9. The van der Waals surface area contributed by atoms with Gasteiger partial charge in [0.1, 0.15) is 65.7 Å². The Hall–Kier alpha value is -7.00. The van der Waals surface area contributed by atoms with Gasteiger partial charge in [-0.25, -0.2) is 24.1 Å². The van der Waals surface area contributed by atoms with Crippen LogP contribution >= 0.6 is 15.9 Å². The number of nitrogens with one attached hydrogen (secondary N) is 3. The SMILES string of the molecule is CC(=O)c1nn(CC(=O)N2C[C@H](F)C[C@H]2C(=O)Nc2cccc(Br)n2)c2ccc(-c3cnc(CCC(=O)COCCOCCNC(=O)COCCOCCCC(=O)CC[C@H](NC(=O)CCCCCCCCCCCCCCCCC(=O)O)C(=O)O)nc3)cc12. The smallest absolute Gasteiger partial charge is 0.326 e. The first-order valence-corrected chi connectivity index (χ1v) is 31.8. The number of fused-ring (bicyclic) bond motifs is 1. The molecule has 26 heteroatoms. The van der Waals surface area contributed by atoms with Crippen LogP contribution in [0.2, 0.25) is 0 Å². The van der Waals surface area contributed by atoms with E-state index in [0.29, 0.717) is 45.3 Å². The van der Waals surface area contributed by atoms with Gasteiger partial charge in [0.2, 0.25) is 23.6 Å². The van der Waals surface area contributed by atoms with Gasteiger partial charge in [-0.1, -0.05) is 89.2 Å². The highest BCUT2D eigenvalue weighted by atomic mass is 79.9. The fraction of sp³-hybridized carbons (Fsp3) is 0.603. The van der Waals surface area contributed by atoms with E-state index in [1.807, 2.05) is 0 Å². The minimum absolute atomic E-state index is 0.0142. The van der Waals surface area contributed by atoms with E-state index in [2.05, 4.69) is 51.9 Å². The monoisotopic (exact) mass is 1310 g/mol. The maximum absolute atomic E-state index is 14.7. The van der Waals surface area contributed by atoms with Crippen molar-refractivity contribution in [3.05, 3.63) is 64.9 Å². The molecule has 24 nitrogen and oxygen atoms in total. The van der Waals surface area contributed by atoms with Crippen LogP contribution in [0.4, 0.5) is 10.2 Å². The van der Waals surface area contributed by atoms with Gasteiger partial charge in [0.25, 0.3) is 0 Å². The van der Waals surface area contributed by atoms with Gasteiger partial charge in [-0.3, -0.25) is 43.0 Å². The third-order valence-corrected chi connectivity index (χ3v) is 15.3. The number of amides is 4. The van der Waals surface area contributed by atoms with Crippen molar-refractivity contribution in [1.82, 2.24) is 40.3 Å². The van der Waals surface area contributed by atoms with Crippen molar-refractivity contribution in [2.75, 3.05) is 71.3 Å². The Balaban J connectivity index is 0.827. The Bertz CT molecular complexity index is 2910. The number of carboxylic acids is 2. The summed E-state index contributed by atoms with van der Waals surface area (Å²) in [7, 11) is 0. The van der Waals surface area contributed by atoms with Crippen LogP contribution < -0.4 is 16.0 Å². The number of carboxylic acid groups (broad SMARTS) is 2. The Morgan fingerprint density at radius 1 is 0.685 bits per heavy atom. The minimum Gasteiger partial charge on any atom is -0.481 e. The standard InChI is InChI=1S/C63H87BrFN9O15/c1-44(75)61-50-36-45(23-27-52(50)74(72-61)41-59(80)73-40-47(65)37-53(73)62(83)71-56-20-16-19-54(64)70-56)46-38-67-55(68-39-46)28-25-49(77)42-88-34-33-87-31-29-66-58(79)43-89-35-32-86-30-17-18-48(76)24-26-51(63(84)85)69-57(78)21-14-12-10-8-6-4-2-3-5-7-9-11-13-15-22-60(81)82/h16,19-20,23,27,36,38-39,47,51,53H,2-15,17-18,21-22,24-26,28-35,37,40-43H2,1H3,(H,66,79)(H,69,78)(H,81,82)(H,84,85)(H,70,71,83)/t47-,51+,53+/m1/s1. The van der Waals surface area contributed by atoms with Crippen LogP contribution in [-0.2, 0) is 70.3 Å². The number of carbonyl (C=O) groups is 9. The van der Waals surface area contributed by atoms with E-state index in [0.717, 1.165) is 44.9 Å². The van der Waals surface area contributed by atoms with Crippen molar-refractivity contribution in [1.29, 1.82) is 0 Å². The molecule has 0 spiro atoms. The van der Waals surface area contributed by atoms with E-state index in [-0.39, 0.29) is 165 Å². The van der Waals surface area contributed by atoms with Crippen LogP contribution in [0.1, 0.15) is 164 Å². The van der Waals surface area contributed by atoms with Gasteiger partial charge < -0.3 is 50.0 Å². The van der Waals surface area contributed by atoms with Gasteiger partial charge in [0.05, 0.1) is 45.1 Å². The molecule has 488 valence electrons. The number of pyridine rings is 1. The lowest BCUT2D eigenvalue weighted by Gasteiger charge is -2.23. The summed E-state index contributed by atoms with van der Waals surface area (Å²) >= 11 is 3.25. The topological polar surface area (TPSA) is 327 Å². The molecule has 1 fully saturated rings. The van der Waals surface area contributed by atoms with E-state index >= 15 is 0 Å². The lowest BCUT2D eigenvalue weighted by molar-refractivity contribution is -0.142. The summed E-state index contributed by atoms with van der Waals surface area (Å²) in [6.07, 6.45) is 18.2. The maximum atomic E-state index is 14.7. The lowest BCUT2D eigenvalue weighted by atomic mass is 10.0. The summed E-state index contributed by atoms with van der Waals surface area (Å²) in [6.45, 7) is 1.89. The van der Waals surface area contributed by atoms with E-state index in [9.17, 15) is 52.6 Å². The molecule has 1 aliphatic rings. The number of ether oxygens (including phenoxy) is 4. The number of unbranched alkanes of at least 4 members (excludes halogenated alkanes) is 13. The highest BCUT2D eigenvalue weighted by Gasteiger charge is 2.40. The Kier molecular flexibility index (Phi) is 33.8. The molecule has 4 heterocycles. The second-order valence-electron chi connectivity index (χ2n) is 22.1. The number of ketones is 3. The Morgan fingerprint density at radius 3 is 1.96 bits per heavy atom. The number of alkyl halides is 1. The minimum atomic E-state index is -1.41. The zero-order valence-electron chi connectivity index (χ0n) is 51.0. The first-order valence-electron chi connectivity index (χ1n) is 31.0. The number of benzene rings is 1. The van der Waals surface area contributed by atoms with E-state index in [1.165, 1.54) is 55.0 Å². The van der Waals surface area contributed by atoms with Gasteiger partial charge in [0, 0.05) is 88.4 Å². The molecule has 0 radical (unpaired) electrons. The van der Waals surface area contributed by atoms with Crippen LogP contribution in [-0.4, -0.2) is 177 Å². The summed E-state index contributed by atoms with van der Waals surface area (Å²) in [5.74, 6) is -3.61. The molecule has 1 saturated heterocycles. The summed E-state index contributed by atoms with van der Waals surface area (Å²) in [5, 5.41) is 31.1. The fourth-order valence-electron chi connectivity index (χ4n) is 10.0. The molecule has 0 unspecified atom stereocenters. The number of halogens is 2. The summed E-state index contributed by atoms with van der Waals surface area (Å²) < 4.78 is 38.3. The number of Topliss-reactive ketones (excluding diaryl/α,β-unsaturated/α-hetero) is 3. The number of hydrogen-bond donors (Lipinski definition) is 5. The van der Waals surface area contributed by atoms with E-state index < -0.39 is 42.0 Å².